The molecule has 0 aliphatic heterocycles. The average Bonchev–Trinajstić information content (AvgIpc) is 2.35. The van der Waals surface area contributed by atoms with E-state index in [2.05, 4.69) is 4.74 Å². The summed E-state index contributed by atoms with van der Waals surface area (Å²) in [6.07, 6.45) is 0.648. The van der Waals surface area contributed by atoms with E-state index in [0.717, 1.165) is 5.56 Å². The van der Waals surface area contributed by atoms with Gasteiger partial charge in [0.25, 0.3) is 0 Å². The molecule has 1 aromatic carbocycles. The van der Waals surface area contributed by atoms with Crippen LogP contribution in [0.3, 0.4) is 0 Å². The SMILES string of the molecule is CCc1cc(C#N)cc(C(=O)OC)c1CO. The highest BCUT2D eigenvalue weighted by molar-refractivity contribution is 5.91. The number of hydrogen-bond acceptors (Lipinski definition) is 4. The van der Waals surface area contributed by atoms with Crippen LogP contribution in [0.25, 0.3) is 0 Å². The fourth-order valence-electron chi connectivity index (χ4n) is 1.59. The average molecular weight is 219 g/mol. The van der Waals surface area contributed by atoms with Gasteiger partial charge in [-0.05, 0) is 29.7 Å². The minimum atomic E-state index is -0.532. The van der Waals surface area contributed by atoms with E-state index >= 15 is 0 Å². The molecule has 1 aromatic rings. The summed E-state index contributed by atoms with van der Waals surface area (Å²) in [5.41, 5.74) is 1.99. The molecule has 16 heavy (non-hydrogen) atoms. The predicted octanol–water partition coefficient (Wildman–Crippen LogP) is 1.40. The van der Waals surface area contributed by atoms with E-state index in [1.54, 1.807) is 6.07 Å². The Morgan fingerprint density at radius 3 is 2.69 bits per heavy atom. The van der Waals surface area contributed by atoms with Crippen molar-refractivity contribution < 1.29 is 14.6 Å². The summed E-state index contributed by atoms with van der Waals surface area (Å²) in [5.74, 6) is -0.532. The minimum Gasteiger partial charge on any atom is -0.465 e. The Bertz CT molecular complexity index is 446. The lowest BCUT2D eigenvalue weighted by Gasteiger charge is -2.11. The molecule has 0 saturated heterocycles. The number of carbonyl (C=O) groups is 1. The summed E-state index contributed by atoms with van der Waals surface area (Å²) >= 11 is 0. The molecule has 0 aromatic heterocycles. The van der Waals surface area contributed by atoms with Crippen LogP contribution in [0.4, 0.5) is 0 Å². The molecular weight excluding hydrogens is 206 g/mol. The van der Waals surface area contributed by atoms with Crippen molar-refractivity contribution in [3.8, 4) is 6.07 Å². The van der Waals surface area contributed by atoms with Crippen molar-refractivity contribution in [3.63, 3.8) is 0 Å². The van der Waals surface area contributed by atoms with Gasteiger partial charge in [-0.25, -0.2) is 4.79 Å². The zero-order chi connectivity index (χ0) is 12.1. The molecule has 0 aliphatic carbocycles. The molecule has 0 unspecified atom stereocenters. The molecule has 0 radical (unpaired) electrons. The summed E-state index contributed by atoms with van der Waals surface area (Å²) < 4.78 is 4.62. The van der Waals surface area contributed by atoms with Crippen LogP contribution in [0.5, 0.6) is 0 Å². The smallest absolute Gasteiger partial charge is 0.338 e. The van der Waals surface area contributed by atoms with E-state index in [9.17, 15) is 9.90 Å². The number of hydrogen-bond donors (Lipinski definition) is 1. The summed E-state index contributed by atoms with van der Waals surface area (Å²) in [6.45, 7) is 1.66. The van der Waals surface area contributed by atoms with Crippen LogP contribution in [0, 0.1) is 11.3 Å². The quantitative estimate of drug-likeness (QED) is 0.780. The lowest BCUT2D eigenvalue weighted by Crippen LogP contribution is -2.09. The monoisotopic (exact) mass is 219 g/mol. The minimum absolute atomic E-state index is 0.237. The maximum atomic E-state index is 11.5. The van der Waals surface area contributed by atoms with Crippen molar-refractivity contribution in [2.24, 2.45) is 0 Å². The molecule has 0 amide bonds. The van der Waals surface area contributed by atoms with Gasteiger partial charge in [0, 0.05) is 0 Å². The second-order valence-corrected chi connectivity index (χ2v) is 3.28. The summed E-state index contributed by atoms with van der Waals surface area (Å²) in [5, 5.41) is 18.1. The molecular formula is C12H13NO3. The molecule has 0 bridgehead atoms. The van der Waals surface area contributed by atoms with Crippen molar-refractivity contribution in [1.82, 2.24) is 0 Å². The van der Waals surface area contributed by atoms with E-state index < -0.39 is 5.97 Å². The molecule has 0 aliphatic rings. The molecule has 4 heteroatoms. The van der Waals surface area contributed by atoms with Crippen LogP contribution < -0.4 is 0 Å². The van der Waals surface area contributed by atoms with Gasteiger partial charge in [-0.1, -0.05) is 6.92 Å². The number of aliphatic hydroxyl groups is 1. The van der Waals surface area contributed by atoms with Gasteiger partial charge in [0.1, 0.15) is 0 Å². The molecule has 84 valence electrons. The van der Waals surface area contributed by atoms with Gasteiger partial charge in [0.2, 0.25) is 0 Å². The number of aliphatic hydroxyl groups excluding tert-OH is 1. The molecule has 0 atom stereocenters. The normalized spacial score (nSPS) is 9.62. The third kappa shape index (κ3) is 2.20. The lowest BCUT2D eigenvalue weighted by molar-refractivity contribution is 0.0597. The fourth-order valence-corrected chi connectivity index (χ4v) is 1.59. The van der Waals surface area contributed by atoms with Crippen molar-refractivity contribution in [1.29, 1.82) is 5.26 Å². The Morgan fingerprint density at radius 1 is 1.56 bits per heavy atom. The first-order valence-corrected chi connectivity index (χ1v) is 4.93. The first kappa shape index (κ1) is 12.2. The Hall–Kier alpha value is -1.86. The molecule has 0 saturated carbocycles. The van der Waals surface area contributed by atoms with Gasteiger partial charge >= 0.3 is 5.97 Å². The highest BCUT2D eigenvalue weighted by Gasteiger charge is 2.15. The van der Waals surface area contributed by atoms with E-state index in [-0.39, 0.29) is 12.2 Å². The topological polar surface area (TPSA) is 70.3 Å². The number of benzene rings is 1. The highest BCUT2D eigenvalue weighted by Crippen LogP contribution is 2.19. The number of ether oxygens (including phenoxy) is 1. The Kier molecular flexibility index (Phi) is 4.03. The zero-order valence-corrected chi connectivity index (χ0v) is 9.28. The summed E-state index contributed by atoms with van der Waals surface area (Å²) in [7, 11) is 1.27. The van der Waals surface area contributed by atoms with Crippen LogP contribution in [-0.2, 0) is 17.8 Å². The number of nitriles is 1. The van der Waals surface area contributed by atoms with Crippen LogP contribution >= 0.6 is 0 Å². The van der Waals surface area contributed by atoms with Crippen molar-refractivity contribution in [3.05, 3.63) is 34.4 Å². The van der Waals surface area contributed by atoms with E-state index in [4.69, 9.17) is 5.26 Å². The van der Waals surface area contributed by atoms with E-state index in [1.807, 2.05) is 13.0 Å². The fraction of sp³-hybridized carbons (Fsp3) is 0.333. The van der Waals surface area contributed by atoms with Crippen LogP contribution in [-0.4, -0.2) is 18.2 Å². The van der Waals surface area contributed by atoms with Gasteiger partial charge in [0.15, 0.2) is 0 Å². The van der Waals surface area contributed by atoms with Crippen LogP contribution in [0.15, 0.2) is 12.1 Å². The third-order valence-electron chi connectivity index (χ3n) is 2.42. The lowest BCUT2D eigenvalue weighted by atomic mass is 9.97. The van der Waals surface area contributed by atoms with Gasteiger partial charge in [-0.2, -0.15) is 5.26 Å². The first-order chi connectivity index (χ1) is 7.67. The Balaban J connectivity index is 3.44. The van der Waals surface area contributed by atoms with Gasteiger partial charge in [-0.3, -0.25) is 0 Å². The number of aryl methyl sites for hydroxylation is 1. The molecule has 1 rings (SSSR count). The van der Waals surface area contributed by atoms with E-state index in [1.165, 1.54) is 13.2 Å². The molecule has 0 heterocycles. The van der Waals surface area contributed by atoms with Crippen molar-refractivity contribution in [2.75, 3.05) is 7.11 Å². The maximum absolute atomic E-state index is 11.5. The molecule has 0 fully saturated rings. The highest BCUT2D eigenvalue weighted by atomic mass is 16.5. The van der Waals surface area contributed by atoms with Crippen LogP contribution in [0.1, 0.15) is 34.0 Å². The van der Waals surface area contributed by atoms with Gasteiger partial charge in [-0.15, -0.1) is 0 Å². The maximum Gasteiger partial charge on any atom is 0.338 e. The number of nitrogens with zero attached hydrogens (tertiary/aromatic N) is 1. The summed E-state index contributed by atoms with van der Waals surface area (Å²) in [6, 6.07) is 5.10. The van der Waals surface area contributed by atoms with Crippen molar-refractivity contribution in [2.45, 2.75) is 20.0 Å². The van der Waals surface area contributed by atoms with Crippen molar-refractivity contribution >= 4 is 5.97 Å². The molecule has 0 spiro atoms. The number of methoxy groups -OCH3 is 1. The number of rotatable bonds is 3. The second kappa shape index (κ2) is 5.29. The zero-order valence-electron chi connectivity index (χ0n) is 9.28. The standard InChI is InChI=1S/C12H13NO3/c1-3-9-4-8(6-13)5-10(11(9)7-14)12(15)16-2/h4-5,14H,3,7H2,1-2H3. The Labute approximate surface area is 94.1 Å². The predicted molar refractivity (Wildman–Crippen MR) is 57.8 cm³/mol. The third-order valence-corrected chi connectivity index (χ3v) is 2.42. The second-order valence-electron chi connectivity index (χ2n) is 3.28. The molecule has 1 N–H and O–H groups in total. The largest absolute Gasteiger partial charge is 0.465 e. The first-order valence-electron chi connectivity index (χ1n) is 4.93. The molecule has 4 nitrogen and oxygen atoms in total. The van der Waals surface area contributed by atoms with E-state index in [0.29, 0.717) is 17.5 Å². The number of carbonyl (C=O) groups excluding carboxylic acids is 1. The van der Waals surface area contributed by atoms with Crippen LogP contribution in [0.2, 0.25) is 0 Å². The summed E-state index contributed by atoms with van der Waals surface area (Å²) in [4.78, 5) is 11.5. The number of esters is 1. The van der Waals surface area contributed by atoms with Gasteiger partial charge in [0.05, 0.1) is 30.9 Å². The van der Waals surface area contributed by atoms with Gasteiger partial charge < -0.3 is 9.84 Å². The Morgan fingerprint density at radius 2 is 2.25 bits per heavy atom.